The van der Waals surface area contributed by atoms with Crippen LogP contribution in [0.5, 0.6) is 5.75 Å². The summed E-state index contributed by atoms with van der Waals surface area (Å²) in [5.74, 6) is 0.600. The second kappa shape index (κ2) is 4.14. The van der Waals surface area contributed by atoms with Crippen molar-refractivity contribution in [2.75, 3.05) is 7.11 Å². The summed E-state index contributed by atoms with van der Waals surface area (Å²) in [4.78, 5) is 0. The number of hydrogen-bond acceptors (Lipinski definition) is 3. The monoisotopic (exact) mass is 199 g/mol. The molecule has 0 aromatic heterocycles. The van der Waals surface area contributed by atoms with E-state index in [0.29, 0.717) is 11.3 Å². The van der Waals surface area contributed by atoms with Crippen LogP contribution in [0.1, 0.15) is 11.1 Å². The number of rotatable bonds is 2. The van der Waals surface area contributed by atoms with Crippen LogP contribution in [0.15, 0.2) is 23.4 Å². The molecule has 3 nitrogen and oxygen atoms in total. The molecule has 0 amide bonds. The summed E-state index contributed by atoms with van der Waals surface area (Å²) >= 11 is 5.65. The molecule has 0 radical (unpaired) electrons. The zero-order valence-corrected chi connectivity index (χ0v) is 8.17. The Balaban J connectivity index is 3.21. The SMILES string of the molecule is COc1cc(C)ccc1C(Cl)=NO. The molecule has 0 saturated heterocycles. The second-order valence-electron chi connectivity index (χ2n) is 2.59. The summed E-state index contributed by atoms with van der Waals surface area (Å²) in [6, 6.07) is 5.44. The Morgan fingerprint density at radius 3 is 2.77 bits per heavy atom. The quantitative estimate of drug-likeness (QED) is 0.452. The van der Waals surface area contributed by atoms with Gasteiger partial charge < -0.3 is 9.94 Å². The van der Waals surface area contributed by atoms with Crippen molar-refractivity contribution >= 4 is 16.8 Å². The maximum absolute atomic E-state index is 8.48. The molecule has 0 atom stereocenters. The van der Waals surface area contributed by atoms with Crippen molar-refractivity contribution in [3.8, 4) is 5.75 Å². The van der Waals surface area contributed by atoms with Crippen molar-refractivity contribution in [3.05, 3.63) is 29.3 Å². The highest BCUT2D eigenvalue weighted by Crippen LogP contribution is 2.21. The number of oxime groups is 1. The van der Waals surface area contributed by atoms with Crippen LogP contribution in [-0.2, 0) is 0 Å². The van der Waals surface area contributed by atoms with Gasteiger partial charge in [0.25, 0.3) is 0 Å². The van der Waals surface area contributed by atoms with Crippen molar-refractivity contribution in [2.45, 2.75) is 6.92 Å². The fraction of sp³-hybridized carbons (Fsp3) is 0.222. The standard InChI is InChI=1S/C9H10ClNO2/c1-6-3-4-7(9(10)11-12)8(5-6)13-2/h3-5,12H,1-2H3. The van der Waals surface area contributed by atoms with Gasteiger partial charge in [0, 0.05) is 0 Å². The van der Waals surface area contributed by atoms with E-state index >= 15 is 0 Å². The van der Waals surface area contributed by atoms with Crippen molar-refractivity contribution in [1.29, 1.82) is 0 Å². The van der Waals surface area contributed by atoms with E-state index in [1.54, 1.807) is 13.2 Å². The molecule has 4 heteroatoms. The lowest BCUT2D eigenvalue weighted by Gasteiger charge is -2.06. The van der Waals surface area contributed by atoms with Gasteiger partial charge in [-0.1, -0.05) is 22.8 Å². The average molecular weight is 200 g/mol. The first kappa shape index (κ1) is 9.86. The molecule has 0 aliphatic rings. The Morgan fingerprint density at radius 2 is 2.23 bits per heavy atom. The van der Waals surface area contributed by atoms with Crippen LogP contribution in [0.25, 0.3) is 0 Å². The van der Waals surface area contributed by atoms with Gasteiger partial charge in [-0.15, -0.1) is 0 Å². The fourth-order valence-electron chi connectivity index (χ4n) is 1.02. The first-order chi connectivity index (χ1) is 6.19. The van der Waals surface area contributed by atoms with Gasteiger partial charge in [-0.3, -0.25) is 0 Å². The number of halogens is 1. The predicted octanol–water partition coefficient (Wildman–Crippen LogP) is 2.38. The third-order valence-corrected chi connectivity index (χ3v) is 1.95. The summed E-state index contributed by atoms with van der Waals surface area (Å²) in [5.41, 5.74) is 1.64. The molecule has 0 bridgehead atoms. The minimum atomic E-state index is 0.0249. The lowest BCUT2D eigenvalue weighted by molar-refractivity contribution is 0.320. The van der Waals surface area contributed by atoms with Crippen LogP contribution in [0, 0.1) is 6.92 Å². The largest absolute Gasteiger partial charge is 0.496 e. The first-order valence-corrected chi connectivity index (χ1v) is 4.09. The van der Waals surface area contributed by atoms with Crippen LogP contribution >= 0.6 is 11.6 Å². The topological polar surface area (TPSA) is 41.8 Å². The molecule has 0 unspecified atom stereocenters. The highest BCUT2D eigenvalue weighted by molar-refractivity contribution is 6.69. The van der Waals surface area contributed by atoms with Crippen LogP contribution in [0.4, 0.5) is 0 Å². The number of aryl methyl sites for hydroxylation is 1. The van der Waals surface area contributed by atoms with Crippen molar-refractivity contribution in [2.24, 2.45) is 5.16 Å². The molecule has 1 aromatic rings. The third kappa shape index (κ3) is 2.12. The molecule has 1 N–H and O–H groups in total. The highest BCUT2D eigenvalue weighted by Gasteiger charge is 2.07. The number of methoxy groups -OCH3 is 1. The van der Waals surface area contributed by atoms with Gasteiger partial charge in [-0.05, 0) is 24.6 Å². The minimum Gasteiger partial charge on any atom is -0.496 e. The van der Waals surface area contributed by atoms with Crippen LogP contribution in [0.3, 0.4) is 0 Å². The zero-order chi connectivity index (χ0) is 9.84. The highest BCUT2D eigenvalue weighted by atomic mass is 35.5. The summed E-state index contributed by atoms with van der Waals surface area (Å²) in [7, 11) is 1.54. The summed E-state index contributed by atoms with van der Waals surface area (Å²) in [6.45, 7) is 1.94. The Labute approximate surface area is 81.6 Å². The molecule has 0 saturated carbocycles. The molecule has 0 spiro atoms. The van der Waals surface area contributed by atoms with Crippen LogP contribution in [0.2, 0.25) is 0 Å². The number of benzene rings is 1. The van der Waals surface area contributed by atoms with Crippen LogP contribution < -0.4 is 4.74 Å². The lowest BCUT2D eigenvalue weighted by atomic mass is 10.1. The van der Waals surface area contributed by atoms with Gasteiger partial charge in [0.05, 0.1) is 12.7 Å². The summed E-state index contributed by atoms with van der Waals surface area (Å²) in [6.07, 6.45) is 0. The number of ether oxygens (including phenoxy) is 1. The van der Waals surface area contributed by atoms with E-state index in [4.69, 9.17) is 21.5 Å². The van der Waals surface area contributed by atoms with Gasteiger partial charge in [-0.2, -0.15) is 0 Å². The van der Waals surface area contributed by atoms with E-state index < -0.39 is 0 Å². The molecule has 0 heterocycles. The number of nitrogens with zero attached hydrogens (tertiary/aromatic N) is 1. The fourth-order valence-corrected chi connectivity index (χ4v) is 1.18. The Hall–Kier alpha value is -1.22. The molecular formula is C9H10ClNO2. The van der Waals surface area contributed by atoms with Gasteiger partial charge in [0.1, 0.15) is 5.75 Å². The van der Waals surface area contributed by atoms with E-state index in [2.05, 4.69) is 5.16 Å². The van der Waals surface area contributed by atoms with E-state index in [1.165, 1.54) is 0 Å². The van der Waals surface area contributed by atoms with E-state index in [0.717, 1.165) is 5.56 Å². The molecule has 1 aromatic carbocycles. The first-order valence-electron chi connectivity index (χ1n) is 3.71. The predicted molar refractivity (Wildman–Crippen MR) is 51.9 cm³/mol. The zero-order valence-electron chi connectivity index (χ0n) is 7.41. The molecule has 1 rings (SSSR count). The van der Waals surface area contributed by atoms with Gasteiger partial charge in [0.15, 0.2) is 5.17 Å². The summed E-state index contributed by atoms with van der Waals surface area (Å²) < 4.78 is 5.07. The second-order valence-corrected chi connectivity index (χ2v) is 2.95. The van der Waals surface area contributed by atoms with E-state index in [9.17, 15) is 0 Å². The summed E-state index contributed by atoms with van der Waals surface area (Å²) in [5, 5.41) is 11.4. The van der Waals surface area contributed by atoms with E-state index in [-0.39, 0.29) is 5.17 Å². The van der Waals surface area contributed by atoms with E-state index in [1.807, 2.05) is 19.1 Å². The minimum absolute atomic E-state index is 0.0249. The molecule has 0 aliphatic carbocycles. The Bertz CT molecular complexity index is 336. The molecule has 0 aliphatic heterocycles. The maximum Gasteiger partial charge on any atom is 0.179 e. The lowest BCUT2D eigenvalue weighted by Crippen LogP contribution is -1.96. The van der Waals surface area contributed by atoms with Gasteiger partial charge in [-0.25, -0.2) is 0 Å². The van der Waals surface area contributed by atoms with Crippen LogP contribution in [-0.4, -0.2) is 17.5 Å². The molecule has 0 fully saturated rings. The average Bonchev–Trinajstić information content (AvgIpc) is 2.16. The normalized spacial score (nSPS) is 11.5. The number of hydrogen-bond donors (Lipinski definition) is 1. The van der Waals surface area contributed by atoms with Crippen molar-refractivity contribution in [1.82, 2.24) is 0 Å². The van der Waals surface area contributed by atoms with Gasteiger partial charge in [0.2, 0.25) is 0 Å². The van der Waals surface area contributed by atoms with Gasteiger partial charge >= 0.3 is 0 Å². The third-order valence-electron chi connectivity index (χ3n) is 1.67. The smallest absolute Gasteiger partial charge is 0.179 e. The van der Waals surface area contributed by atoms with Crippen molar-refractivity contribution in [3.63, 3.8) is 0 Å². The maximum atomic E-state index is 8.48. The molecule has 13 heavy (non-hydrogen) atoms. The van der Waals surface area contributed by atoms with Crippen molar-refractivity contribution < 1.29 is 9.94 Å². The Kier molecular flexibility index (Phi) is 3.14. The molecule has 70 valence electrons. The Morgan fingerprint density at radius 1 is 1.54 bits per heavy atom. The molecular weight excluding hydrogens is 190 g/mol.